The van der Waals surface area contributed by atoms with Gasteiger partial charge >= 0.3 is 0 Å². The lowest BCUT2D eigenvalue weighted by molar-refractivity contribution is 0.0939. The van der Waals surface area contributed by atoms with Crippen molar-refractivity contribution in [1.82, 2.24) is 29.9 Å². The highest BCUT2D eigenvalue weighted by Crippen LogP contribution is 2.24. The molecule has 0 aliphatic carbocycles. The number of fused-ring (bicyclic) bond motifs is 1. The van der Waals surface area contributed by atoms with Crippen LogP contribution in [0.1, 0.15) is 27.6 Å². The van der Waals surface area contributed by atoms with Gasteiger partial charge < -0.3 is 5.32 Å². The van der Waals surface area contributed by atoms with Crippen molar-refractivity contribution in [2.45, 2.75) is 20.4 Å². The first-order chi connectivity index (χ1) is 12.6. The van der Waals surface area contributed by atoms with Crippen LogP contribution in [0.25, 0.3) is 16.2 Å². The molecule has 4 rings (SSSR count). The Balaban J connectivity index is 1.54. The van der Waals surface area contributed by atoms with Gasteiger partial charge in [-0.2, -0.15) is 0 Å². The zero-order valence-corrected chi connectivity index (χ0v) is 15.1. The molecule has 0 saturated heterocycles. The zero-order chi connectivity index (χ0) is 18.1. The Kier molecular flexibility index (Phi) is 4.18. The molecule has 1 amide bonds. The maximum Gasteiger partial charge on any atom is 0.289 e. The van der Waals surface area contributed by atoms with Crippen molar-refractivity contribution in [3.63, 3.8) is 0 Å². The number of amides is 1. The standard InChI is InChI=1S/C18H16N6OS/c1-11-6-12(2)24-16(22-23-18(24)21-11)17(25)20-9-13-7-14(10-19-8-13)15-4-3-5-26-15/h3-8,10H,9H2,1-2H3,(H,20,25). The molecule has 4 aromatic rings. The minimum absolute atomic E-state index is 0.229. The Bertz CT molecular complexity index is 1090. The fourth-order valence-corrected chi connectivity index (χ4v) is 3.51. The van der Waals surface area contributed by atoms with Crippen LogP contribution in [0, 0.1) is 13.8 Å². The highest BCUT2D eigenvalue weighted by Gasteiger charge is 2.16. The normalized spacial score (nSPS) is 11.0. The number of carbonyl (C=O) groups excluding carboxylic acids is 1. The SMILES string of the molecule is Cc1cc(C)n2c(C(=O)NCc3cncc(-c4cccs4)c3)nnc2n1. The van der Waals surface area contributed by atoms with E-state index >= 15 is 0 Å². The second-order valence-electron chi connectivity index (χ2n) is 5.94. The molecular weight excluding hydrogens is 348 g/mol. The van der Waals surface area contributed by atoms with Crippen molar-refractivity contribution in [3.05, 3.63) is 64.8 Å². The molecule has 0 fully saturated rings. The molecule has 4 aromatic heterocycles. The van der Waals surface area contributed by atoms with Gasteiger partial charge in [-0.25, -0.2) is 4.98 Å². The summed E-state index contributed by atoms with van der Waals surface area (Å²) >= 11 is 1.66. The zero-order valence-electron chi connectivity index (χ0n) is 14.3. The number of thiophene rings is 1. The third-order valence-corrected chi connectivity index (χ3v) is 4.87. The average molecular weight is 364 g/mol. The average Bonchev–Trinajstić information content (AvgIpc) is 3.29. The van der Waals surface area contributed by atoms with Crippen molar-refractivity contribution < 1.29 is 4.79 Å². The van der Waals surface area contributed by atoms with Gasteiger partial charge in [-0.15, -0.1) is 21.5 Å². The van der Waals surface area contributed by atoms with Gasteiger partial charge in [0.2, 0.25) is 5.82 Å². The van der Waals surface area contributed by atoms with E-state index < -0.39 is 0 Å². The molecule has 0 saturated carbocycles. The lowest BCUT2D eigenvalue weighted by atomic mass is 10.2. The van der Waals surface area contributed by atoms with Gasteiger partial charge in [-0.1, -0.05) is 6.07 Å². The van der Waals surface area contributed by atoms with Crippen LogP contribution in [0.2, 0.25) is 0 Å². The van der Waals surface area contributed by atoms with Crippen molar-refractivity contribution in [1.29, 1.82) is 0 Å². The van der Waals surface area contributed by atoms with Crippen LogP contribution in [0.5, 0.6) is 0 Å². The monoisotopic (exact) mass is 364 g/mol. The molecule has 130 valence electrons. The topological polar surface area (TPSA) is 85.1 Å². The van der Waals surface area contributed by atoms with Gasteiger partial charge in [0.25, 0.3) is 11.7 Å². The van der Waals surface area contributed by atoms with Gasteiger partial charge in [0.1, 0.15) is 0 Å². The van der Waals surface area contributed by atoms with Gasteiger partial charge in [0.15, 0.2) is 0 Å². The molecule has 0 radical (unpaired) electrons. The summed E-state index contributed by atoms with van der Waals surface area (Å²) in [5, 5.41) is 12.9. The first-order valence-corrected chi connectivity index (χ1v) is 8.95. The van der Waals surface area contributed by atoms with Crippen molar-refractivity contribution in [2.75, 3.05) is 0 Å². The van der Waals surface area contributed by atoms with E-state index in [4.69, 9.17) is 0 Å². The number of nitrogens with one attached hydrogen (secondary N) is 1. The summed E-state index contributed by atoms with van der Waals surface area (Å²) in [5.74, 6) is 0.356. The number of aryl methyl sites for hydroxylation is 2. The quantitative estimate of drug-likeness (QED) is 0.602. The summed E-state index contributed by atoms with van der Waals surface area (Å²) in [6.45, 7) is 4.14. The predicted octanol–water partition coefficient (Wildman–Crippen LogP) is 2.79. The number of hydrogen-bond donors (Lipinski definition) is 1. The minimum atomic E-state index is -0.298. The van der Waals surface area contributed by atoms with Crippen molar-refractivity contribution in [3.8, 4) is 10.4 Å². The number of nitrogens with zero attached hydrogens (tertiary/aromatic N) is 5. The van der Waals surface area contributed by atoms with E-state index in [1.807, 2.05) is 49.7 Å². The highest BCUT2D eigenvalue weighted by atomic mass is 32.1. The first kappa shape index (κ1) is 16.3. The number of pyridine rings is 1. The smallest absolute Gasteiger partial charge is 0.289 e. The Hall–Kier alpha value is -3.13. The molecule has 7 nitrogen and oxygen atoms in total. The van der Waals surface area contributed by atoms with Crippen LogP contribution in [0.3, 0.4) is 0 Å². The van der Waals surface area contributed by atoms with Crippen LogP contribution in [0.4, 0.5) is 0 Å². The molecule has 0 spiro atoms. The Morgan fingerprint density at radius 1 is 1.23 bits per heavy atom. The second kappa shape index (κ2) is 6.64. The molecule has 0 bridgehead atoms. The second-order valence-corrected chi connectivity index (χ2v) is 6.89. The molecule has 0 aliphatic rings. The number of hydrogen-bond acceptors (Lipinski definition) is 6. The third-order valence-electron chi connectivity index (χ3n) is 3.95. The lowest BCUT2D eigenvalue weighted by Gasteiger charge is -2.07. The number of aromatic nitrogens is 5. The van der Waals surface area contributed by atoms with Crippen LogP contribution < -0.4 is 5.32 Å². The Morgan fingerprint density at radius 3 is 2.92 bits per heavy atom. The largest absolute Gasteiger partial charge is 0.345 e. The fraction of sp³-hybridized carbons (Fsp3) is 0.167. The van der Waals surface area contributed by atoms with E-state index in [0.717, 1.165) is 27.4 Å². The molecule has 0 aromatic carbocycles. The highest BCUT2D eigenvalue weighted by molar-refractivity contribution is 7.13. The number of rotatable bonds is 4. The van der Waals surface area contributed by atoms with E-state index in [1.54, 1.807) is 21.9 Å². The predicted molar refractivity (Wildman–Crippen MR) is 99.0 cm³/mol. The van der Waals surface area contributed by atoms with Crippen LogP contribution in [0.15, 0.2) is 42.0 Å². The molecule has 0 atom stereocenters. The van der Waals surface area contributed by atoms with Crippen molar-refractivity contribution >= 4 is 23.0 Å². The summed E-state index contributed by atoms with van der Waals surface area (Å²) < 4.78 is 1.66. The fourth-order valence-electron chi connectivity index (χ4n) is 2.80. The third kappa shape index (κ3) is 3.06. The summed E-state index contributed by atoms with van der Waals surface area (Å²) in [5.41, 5.74) is 3.66. The minimum Gasteiger partial charge on any atom is -0.345 e. The van der Waals surface area contributed by atoms with Crippen LogP contribution >= 0.6 is 11.3 Å². The maximum absolute atomic E-state index is 12.6. The summed E-state index contributed by atoms with van der Waals surface area (Å²) in [7, 11) is 0. The molecule has 4 heterocycles. The maximum atomic E-state index is 12.6. The molecule has 0 aliphatic heterocycles. The van der Waals surface area contributed by atoms with Crippen molar-refractivity contribution in [2.24, 2.45) is 0 Å². The van der Waals surface area contributed by atoms with Gasteiger partial charge in [0.05, 0.1) is 0 Å². The van der Waals surface area contributed by atoms with E-state index in [2.05, 4.69) is 25.5 Å². The van der Waals surface area contributed by atoms with Gasteiger partial charge in [0, 0.05) is 40.8 Å². The summed E-state index contributed by atoms with van der Waals surface area (Å²) in [4.78, 5) is 22.3. The Labute approximate surface area is 153 Å². The van der Waals surface area contributed by atoms with E-state index in [9.17, 15) is 4.79 Å². The molecule has 0 unspecified atom stereocenters. The lowest BCUT2D eigenvalue weighted by Crippen LogP contribution is -2.25. The van der Waals surface area contributed by atoms with Gasteiger partial charge in [-0.05, 0) is 43.0 Å². The molecule has 8 heteroatoms. The van der Waals surface area contributed by atoms with E-state index in [1.165, 1.54) is 0 Å². The summed E-state index contributed by atoms with van der Waals surface area (Å²) in [6.07, 6.45) is 3.57. The van der Waals surface area contributed by atoms with Gasteiger partial charge in [-0.3, -0.25) is 14.2 Å². The van der Waals surface area contributed by atoms with E-state index in [0.29, 0.717) is 12.3 Å². The number of carbonyl (C=O) groups is 1. The van der Waals surface area contributed by atoms with Crippen LogP contribution in [-0.2, 0) is 6.54 Å². The first-order valence-electron chi connectivity index (χ1n) is 8.07. The molecule has 1 N–H and O–H groups in total. The van der Waals surface area contributed by atoms with E-state index in [-0.39, 0.29) is 11.7 Å². The van der Waals surface area contributed by atoms with Crippen LogP contribution in [-0.4, -0.2) is 30.5 Å². The molecule has 26 heavy (non-hydrogen) atoms. The Morgan fingerprint density at radius 2 is 2.12 bits per heavy atom. The molecular formula is C18H16N6OS. The summed E-state index contributed by atoms with van der Waals surface area (Å²) in [6, 6.07) is 7.96.